The van der Waals surface area contributed by atoms with E-state index in [0.717, 1.165) is 23.9 Å². The minimum absolute atomic E-state index is 0.722. The SMILES string of the molecule is CCN1CCC(C(C)NC2CCCC2C)CC1. The highest BCUT2D eigenvalue weighted by molar-refractivity contribution is 4.86. The molecule has 2 rings (SSSR count). The molecule has 1 saturated heterocycles. The van der Waals surface area contributed by atoms with E-state index < -0.39 is 0 Å². The van der Waals surface area contributed by atoms with Gasteiger partial charge in [0.15, 0.2) is 0 Å². The molecule has 2 aliphatic rings. The van der Waals surface area contributed by atoms with Gasteiger partial charge < -0.3 is 10.2 Å². The van der Waals surface area contributed by atoms with Crippen LogP contribution in [0.25, 0.3) is 0 Å². The van der Waals surface area contributed by atoms with Crippen LogP contribution < -0.4 is 5.32 Å². The van der Waals surface area contributed by atoms with Crippen molar-refractivity contribution < 1.29 is 0 Å². The first kappa shape index (κ1) is 13.4. The molecule has 0 aromatic carbocycles. The van der Waals surface area contributed by atoms with Crippen molar-refractivity contribution >= 4 is 0 Å². The molecule has 0 aromatic heterocycles. The summed E-state index contributed by atoms with van der Waals surface area (Å²) in [5.41, 5.74) is 0. The van der Waals surface area contributed by atoms with E-state index in [4.69, 9.17) is 0 Å². The van der Waals surface area contributed by atoms with Crippen LogP contribution in [0.4, 0.5) is 0 Å². The van der Waals surface area contributed by atoms with E-state index in [0.29, 0.717) is 0 Å². The van der Waals surface area contributed by atoms with Gasteiger partial charge in [-0.15, -0.1) is 0 Å². The molecule has 0 amide bonds. The van der Waals surface area contributed by atoms with Crippen LogP contribution in [0.3, 0.4) is 0 Å². The number of likely N-dealkylation sites (tertiary alicyclic amines) is 1. The van der Waals surface area contributed by atoms with Crippen LogP contribution in [0.1, 0.15) is 52.9 Å². The molecule has 2 nitrogen and oxygen atoms in total. The van der Waals surface area contributed by atoms with E-state index in [-0.39, 0.29) is 0 Å². The third-order valence-corrected chi connectivity index (χ3v) is 5.13. The van der Waals surface area contributed by atoms with Gasteiger partial charge in [-0.3, -0.25) is 0 Å². The van der Waals surface area contributed by atoms with E-state index in [9.17, 15) is 0 Å². The molecular weight excluding hydrogens is 208 g/mol. The summed E-state index contributed by atoms with van der Waals surface area (Å²) in [7, 11) is 0. The second-order valence-electron chi connectivity index (χ2n) is 6.24. The molecule has 0 bridgehead atoms. The maximum atomic E-state index is 3.91. The summed E-state index contributed by atoms with van der Waals surface area (Å²) in [5.74, 6) is 1.80. The van der Waals surface area contributed by atoms with Crippen LogP contribution in [0.15, 0.2) is 0 Å². The smallest absolute Gasteiger partial charge is 0.00952 e. The lowest BCUT2D eigenvalue weighted by Gasteiger charge is -2.36. The summed E-state index contributed by atoms with van der Waals surface area (Å²) in [6.45, 7) is 11.0. The van der Waals surface area contributed by atoms with Crippen molar-refractivity contribution in [2.75, 3.05) is 19.6 Å². The molecule has 1 saturated carbocycles. The fourth-order valence-corrected chi connectivity index (χ4v) is 3.64. The number of hydrogen-bond acceptors (Lipinski definition) is 2. The van der Waals surface area contributed by atoms with Gasteiger partial charge in [0.2, 0.25) is 0 Å². The normalized spacial score (nSPS) is 34.1. The Hall–Kier alpha value is -0.0800. The molecule has 3 atom stereocenters. The highest BCUT2D eigenvalue weighted by Gasteiger charge is 2.28. The zero-order valence-electron chi connectivity index (χ0n) is 11.9. The van der Waals surface area contributed by atoms with Crippen molar-refractivity contribution in [3.8, 4) is 0 Å². The third kappa shape index (κ3) is 3.45. The Balaban J connectivity index is 1.74. The van der Waals surface area contributed by atoms with E-state index in [2.05, 4.69) is 31.0 Å². The molecule has 1 heterocycles. The predicted octanol–water partition coefficient (Wildman–Crippen LogP) is 2.89. The van der Waals surface area contributed by atoms with E-state index >= 15 is 0 Å². The maximum absolute atomic E-state index is 3.91. The van der Waals surface area contributed by atoms with E-state index in [1.807, 2.05) is 0 Å². The summed E-state index contributed by atoms with van der Waals surface area (Å²) in [6.07, 6.45) is 7.05. The fraction of sp³-hybridized carbons (Fsp3) is 1.00. The predicted molar refractivity (Wildman–Crippen MR) is 74.2 cm³/mol. The highest BCUT2D eigenvalue weighted by Crippen LogP contribution is 2.27. The molecule has 3 unspecified atom stereocenters. The number of nitrogens with one attached hydrogen (secondary N) is 1. The Kier molecular flexibility index (Phi) is 4.87. The summed E-state index contributed by atoms with van der Waals surface area (Å²) >= 11 is 0. The monoisotopic (exact) mass is 238 g/mol. The van der Waals surface area contributed by atoms with Crippen molar-refractivity contribution in [2.45, 2.75) is 65.0 Å². The Morgan fingerprint density at radius 3 is 2.41 bits per heavy atom. The largest absolute Gasteiger partial charge is 0.311 e. The van der Waals surface area contributed by atoms with Gasteiger partial charge in [-0.1, -0.05) is 20.3 Å². The highest BCUT2D eigenvalue weighted by atomic mass is 15.1. The molecule has 1 aliphatic carbocycles. The molecule has 17 heavy (non-hydrogen) atoms. The average molecular weight is 238 g/mol. The molecule has 1 aliphatic heterocycles. The topological polar surface area (TPSA) is 15.3 Å². The second-order valence-corrected chi connectivity index (χ2v) is 6.24. The molecule has 100 valence electrons. The first-order valence-corrected chi connectivity index (χ1v) is 7.69. The zero-order valence-corrected chi connectivity index (χ0v) is 11.9. The van der Waals surface area contributed by atoms with Crippen molar-refractivity contribution in [1.82, 2.24) is 10.2 Å². The third-order valence-electron chi connectivity index (χ3n) is 5.13. The lowest BCUT2D eigenvalue weighted by atomic mass is 9.89. The lowest BCUT2D eigenvalue weighted by molar-refractivity contribution is 0.161. The van der Waals surface area contributed by atoms with Gasteiger partial charge in [0.05, 0.1) is 0 Å². The van der Waals surface area contributed by atoms with Crippen LogP contribution in [-0.4, -0.2) is 36.6 Å². The van der Waals surface area contributed by atoms with Gasteiger partial charge >= 0.3 is 0 Å². The van der Waals surface area contributed by atoms with Crippen LogP contribution in [0.5, 0.6) is 0 Å². The molecular formula is C15H30N2. The minimum atomic E-state index is 0.722. The zero-order chi connectivity index (χ0) is 12.3. The Bertz CT molecular complexity index is 221. The molecule has 1 N–H and O–H groups in total. The molecule has 0 radical (unpaired) electrons. The first-order valence-electron chi connectivity index (χ1n) is 7.69. The molecule has 2 fully saturated rings. The molecule has 0 aromatic rings. The number of hydrogen-bond donors (Lipinski definition) is 1. The number of nitrogens with zero attached hydrogens (tertiary/aromatic N) is 1. The summed E-state index contributed by atoms with van der Waals surface area (Å²) in [4.78, 5) is 2.58. The van der Waals surface area contributed by atoms with Gasteiger partial charge in [-0.25, -0.2) is 0 Å². The van der Waals surface area contributed by atoms with Crippen LogP contribution >= 0.6 is 0 Å². The van der Waals surface area contributed by atoms with Crippen LogP contribution in [0.2, 0.25) is 0 Å². The molecule has 2 heteroatoms. The van der Waals surface area contributed by atoms with Crippen LogP contribution in [-0.2, 0) is 0 Å². The van der Waals surface area contributed by atoms with E-state index in [1.165, 1.54) is 51.7 Å². The number of piperidine rings is 1. The Morgan fingerprint density at radius 2 is 1.88 bits per heavy atom. The first-order chi connectivity index (χ1) is 8.20. The summed E-state index contributed by atoms with van der Waals surface area (Å²) < 4.78 is 0. The lowest BCUT2D eigenvalue weighted by Crippen LogP contribution is -2.46. The Labute approximate surface area is 107 Å². The average Bonchev–Trinajstić information content (AvgIpc) is 2.75. The Morgan fingerprint density at radius 1 is 1.18 bits per heavy atom. The van der Waals surface area contributed by atoms with Crippen molar-refractivity contribution in [3.05, 3.63) is 0 Å². The van der Waals surface area contributed by atoms with Gasteiger partial charge in [0.1, 0.15) is 0 Å². The number of rotatable bonds is 4. The summed E-state index contributed by atoms with van der Waals surface area (Å²) in [5, 5.41) is 3.91. The maximum Gasteiger partial charge on any atom is 0.00952 e. The minimum Gasteiger partial charge on any atom is -0.311 e. The van der Waals surface area contributed by atoms with E-state index in [1.54, 1.807) is 0 Å². The van der Waals surface area contributed by atoms with Gasteiger partial charge in [-0.05, 0) is 64.1 Å². The molecule has 0 spiro atoms. The fourth-order valence-electron chi connectivity index (χ4n) is 3.64. The second kappa shape index (κ2) is 6.19. The van der Waals surface area contributed by atoms with Crippen molar-refractivity contribution in [2.24, 2.45) is 11.8 Å². The van der Waals surface area contributed by atoms with Gasteiger partial charge in [0.25, 0.3) is 0 Å². The standard InChI is InChI=1S/C15H30N2/c1-4-17-10-8-14(9-11-17)13(3)16-15-7-5-6-12(15)2/h12-16H,4-11H2,1-3H3. The van der Waals surface area contributed by atoms with Crippen molar-refractivity contribution in [1.29, 1.82) is 0 Å². The quantitative estimate of drug-likeness (QED) is 0.810. The van der Waals surface area contributed by atoms with Gasteiger partial charge in [0, 0.05) is 12.1 Å². The van der Waals surface area contributed by atoms with Crippen LogP contribution in [0, 0.1) is 11.8 Å². The van der Waals surface area contributed by atoms with Gasteiger partial charge in [-0.2, -0.15) is 0 Å². The summed E-state index contributed by atoms with van der Waals surface area (Å²) in [6, 6.07) is 1.52. The van der Waals surface area contributed by atoms with Crippen molar-refractivity contribution in [3.63, 3.8) is 0 Å².